The molecule has 2 saturated heterocycles. The summed E-state index contributed by atoms with van der Waals surface area (Å²) in [6.07, 6.45) is 4.17. The summed E-state index contributed by atoms with van der Waals surface area (Å²) in [6.45, 7) is 8.53. The van der Waals surface area contributed by atoms with Crippen LogP contribution in [0.15, 0.2) is 0 Å². The van der Waals surface area contributed by atoms with Crippen LogP contribution in [0.2, 0.25) is 0 Å². The van der Waals surface area contributed by atoms with E-state index in [0.717, 1.165) is 18.0 Å². The van der Waals surface area contributed by atoms with Gasteiger partial charge in [0.25, 0.3) is 0 Å². The first-order valence-electron chi connectivity index (χ1n) is 5.72. The molecule has 0 aromatic heterocycles. The van der Waals surface area contributed by atoms with E-state index in [1.807, 2.05) is 0 Å². The molecule has 2 heterocycles. The molecule has 0 amide bonds. The fourth-order valence-corrected chi connectivity index (χ4v) is 2.51. The molecule has 76 valence electrons. The summed E-state index contributed by atoms with van der Waals surface area (Å²) in [4.78, 5) is 2.65. The van der Waals surface area contributed by atoms with E-state index in [4.69, 9.17) is 0 Å². The summed E-state index contributed by atoms with van der Waals surface area (Å²) in [5.41, 5.74) is 0. The highest BCUT2D eigenvalue weighted by Gasteiger charge is 2.31. The van der Waals surface area contributed by atoms with Gasteiger partial charge >= 0.3 is 0 Å². The Labute approximate surface area is 81.7 Å². The minimum absolute atomic E-state index is 0.811. The summed E-state index contributed by atoms with van der Waals surface area (Å²) in [7, 11) is 0. The second-order valence-electron chi connectivity index (χ2n) is 5.08. The van der Waals surface area contributed by atoms with E-state index in [0.29, 0.717) is 0 Å². The van der Waals surface area contributed by atoms with Crippen LogP contribution in [0.25, 0.3) is 0 Å². The van der Waals surface area contributed by atoms with Crippen molar-refractivity contribution in [1.29, 1.82) is 0 Å². The smallest absolute Gasteiger partial charge is 0.0198 e. The van der Waals surface area contributed by atoms with E-state index >= 15 is 0 Å². The fraction of sp³-hybridized carbons (Fsp3) is 1.00. The lowest BCUT2D eigenvalue weighted by Crippen LogP contribution is -2.51. The molecule has 2 aliphatic rings. The number of hydrogen-bond acceptors (Lipinski definition) is 2. The molecular weight excluding hydrogens is 160 g/mol. The highest BCUT2D eigenvalue weighted by atomic mass is 15.2. The van der Waals surface area contributed by atoms with Crippen molar-refractivity contribution in [2.24, 2.45) is 5.92 Å². The number of likely N-dealkylation sites (tertiary alicyclic amines) is 1. The third kappa shape index (κ3) is 2.44. The first-order chi connectivity index (χ1) is 6.24. The number of nitrogens with zero attached hydrogens (tertiary/aromatic N) is 1. The Morgan fingerprint density at radius 2 is 1.85 bits per heavy atom. The average molecular weight is 182 g/mol. The SMILES string of the molecule is CC(C)CCN1C[C@H]2CC[C@@H](C1)N2. The third-order valence-electron chi connectivity index (χ3n) is 3.31. The second-order valence-corrected chi connectivity index (χ2v) is 5.08. The highest BCUT2D eigenvalue weighted by molar-refractivity contribution is 4.92. The van der Waals surface area contributed by atoms with Crippen molar-refractivity contribution in [1.82, 2.24) is 10.2 Å². The summed E-state index contributed by atoms with van der Waals surface area (Å²) in [5, 5.41) is 3.67. The number of piperazine rings is 1. The van der Waals surface area contributed by atoms with Gasteiger partial charge in [0.05, 0.1) is 0 Å². The summed E-state index contributed by atoms with van der Waals surface area (Å²) < 4.78 is 0. The van der Waals surface area contributed by atoms with Gasteiger partial charge < -0.3 is 10.2 Å². The topological polar surface area (TPSA) is 15.3 Å². The molecule has 2 rings (SSSR count). The summed E-state index contributed by atoms with van der Waals surface area (Å²) >= 11 is 0. The molecule has 2 nitrogen and oxygen atoms in total. The first kappa shape index (κ1) is 9.47. The monoisotopic (exact) mass is 182 g/mol. The molecule has 0 aromatic rings. The van der Waals surface area contributed by atoms with Gasteiger partial charge in [-0.25, -0.2) is 0 Å². The Morgan fingerprint density at radius 1 is 1.23 bits per heavy atom. The maximum atomic E-state index is 3.67. The predicted octanol–water partition coefficient (Wildman–Crippen LogP) is 1.47. The molecule has 2 fully saturated rings. The van der Waals surface area contributed by atoms with Gasteiger partial charge in [0.1, 0.15) is 0 Å². The van der Waals surface area contributed by atoms with Crippen LogP contribution in [0.5, 0.6) is 0 Å². The highest BCUT2D eigenvalue weighted by Crippen LogP contribution is 2.20. The van der Waals surface area contributed by atoms with Crippen LogP contribution in [0.1, 0.15) is 33.1 Å². The molecule has 2 aliphatic heterocycles. The zero-order valence-electron chi connectivity index (χ0n) is 8.92. The third-order valence-corrected chi connectivity index (χ3v) is 3.31. The molecular formula is C11H22N2. The van der Waals surface area contributed by atoms with Crippen molar-refractivity contribution in [3.8, 4) is 0 Å². The van der Waals surface area contributed by atoms with Crippen LogP contribution in [0.3, 0.4) is 0 Å². The normalized spacial score (nSPS) is 34.4. The van der Waals surface area contributed by atoms with Gasteiger partial charge in [-0.05, 0) is 31.7 Å². The predicted molar refractivity (Wildman–Crippen MR) is 55.8 cm³/mol. The molecule has 0 aromatic carbocycles. The molecule has 0 spiro atoms. The Hall–Kier alpha value is -0.0800. The maximum Gasteiger partial charge on any atom is 0.0198 e. The molecule has 0 aliphatic carbocycles. The number of fused-ring (bicyclic) bond motifs is 2. The van der Waals surface area contributed by atoms with Gasteiger partial charge in [-0.15, -0.1) is 0 Å². The average Bonchev–Trinajstić information content (AvgIpc) is 2.42. The van der Waals surface area contributed by atoms with E-state index in [1.165, 1.54) is 38.9 Å². The molecule has 2 heteroatoms. The molecule has 2 bridgehead atoms. The first-order valence-corrected chi connectivity index (χ1v) is 5.72. The van der Waals surface area contributed by atoms with Crippen LogP contribution in [0, 0.1) is 5.92 Å². The maximum absolute atomic E-state index is 3.67. The zero-order chi connectivity index (χ0) is 9.26. The lowest BCUT2D eigenvalue weighted by atomic mass is 10.1. The molecule has 2 atom stereocenters. The Kier molecular flexibility index (Phi) is 2.89. The fourth-order valence-electron chi connectivity index (χ4n) is 2.51. The Morgan fingerprint density at radius 3 is 2.38 bits per heavy atom. The van der Waals surface area contributed by atoms with Crippen LogP contribution in [0.4, 0.5) is 0 Å². The largest absolute Gasteiger partial charge is 0.309 e. The van der Waals surface area contributed by atoms with Crippen molar-refractivity contribution in [2.75, 3.05) is 19.6 Å². The van der Waals surface area contributed by atoms with Gasteiger partial charge in [-0.1, -0.05) is 13.8 Å². The van der Waals surface area contributed by atoms with Crippen molar-refractivity contribution < 1.29 is 0 Å². The summed E-state index contributed by atoms with van der Waals surface area (Å²) in [5.74, 6) is 0.854. The van der Waals surface area contributed by atoms with Gasteiger partial charge in [0.15, 0.2) is 0 Å². The summed E-state index contributed by atoms with van der Waals surface area (Å²) in [6, 6.07) is 1.62. The van der Waals surface area contributed by atoms with Crippen LogP contribution in [-0.4, -0.2) is 36.6 Å². The standard InChI is InChI=1S/C11H22N2/c1-9(2)5-6-13-7-10-3-4-11(8-13)12-10/h9-12H,3-8H2,1-2H3/t10-,11+. The Bertz CT molecular complexity index is 155. The molecule has 1 N–H and O–H groups in total. The Balaban J connectivity index is 1.75. The van der Waals surface area contributed by atoms with Crippen LogP contribution >= 0.6 is 0 Å². The van der Waals surface area contributed by atoms with Gasteiger partial charge in [-0.3, -0.25) is 0 Å². The van der Waals surface area contributed by atoms with E-state index in [-0.39, 0.29) is 0 Å². The molecule has 0 unspecified atom stereocenters. The van der Waals surface area contributed by atoms with Gasteiger partial charge in [0.2, 0.25) is 0 Å². The lowest BCUT2D eigenvalue weighted by Gasteiger charge is -2.33. The van der Waals surface area contributed by atoms with Gasteiger partial charge in [0, 0.05) is 25.2 Å². The van der Waals surface area contributed by atoms with Gasteiger partial charge in [-0.2, -0.15) is 0 Å². The lowest BCUT2D eigenvalue weighted by molar-refractivity contribution is 0.187. The van der Waals surface area contributed by atoms with E-state index in [9.17, 15) is 0 Å². The number of rotatable bonds is 3. The van der Waals surface area contributed by atoms with Crippen molar-refractivity contribution >= 4 is 0 Å². The number of nitrogens with one attached hydrogen (secondary N) is 1. The zero-order valence-corrected chi connectivity index (χ0v) is 8.92. The van der Waals surface area contributed by atoms with E-state index in [1.54, 1.807) is 0 Å². The van der Waals surface area contributed by atoms with Crippen LogP contribution < -0.4 is 5.32 Å². The second kappa shape index (κ2) is 3.97. The minimum atomic E-state index is 0.811. The van der Waals surface area contributed by atoms with Crippen molar-refractivity contribution in [3.63, 3.8) is 0 Å². The van der Waals surface area contributed by atoms with Crippen LogP contribution in [-0.2, 0) is 0 Å². The van der Waals surface area contributed by atoms with Crippen molar-refractivity contribution in [2.45, 2.75) is 45.2 Å². The minimum Gasteiger partial charge on any atom is -0.309 e. The molecule has 0 saturated carbocycles. The molecule has 0 radical (unpaired) electrons. The quantitative estimate of drug-likeness (QED) is 0.711. The number of hydrogen-bond donors (Lipinski definition) is 1. The van der Waals surface area contributed by atoms with E-state index in [2.05, 4.69) is 24.1 Å². The van der Waals surface area contributed by atoms with E-state index < -0.39 is 0 Å². The van der Waals surface area contributed by atoms with Crippen molar-refractivity contribution in [3.05, 3.63) is 0 Å². The molecule has 13 heavy (non-hydrogen) atoms.